The quantitative estimate of drug-likeness (QED) is 0.909. The van der Waals surface area contributed by atoms with Gasteiger partial charge in [-0.1, -0.05) is 32.0 Å². The highest BCUT2D eigenvalue weighted by Crippen LogP contribution is 2.26. The van der Waals surface area contributed by atoms with Crippen molar-refractivity contribution in [3.8, 4) is 0 Å². The van der Waals surface area contributed by atoms with Crippen molar-refractivity contribution in [1.82, 2.24) is 10.2 Å². The first-order valence-electron chi connectivity index (χ1n) is 6.75. The van der Waals surface area contributed by atoms with Gasteiger partial charge in [0.15, 0.2) is 0 Å². The van der Waals surface area contributed by atoms with Crippen molar-refractivity contribution in [1.29, 1.82) is 0 Å². The summed E-state index contributed by atoms with van der Waals surface area (Å²) in [6, 6.07) is 6.28. The second-order valence-corrected chi connectivity index (χ2v) is 5.58. The van der Waals surface area contributed by atoms with Crippen molar-refractivity contribution >= 4 is 5.91 Å². The number of piperazine rings is 1. The molecule has 0 radical (unpaired) electrons. The van der Waals surface area contributed by atoms with E-state index in [0.29, 0.717) is 18.0 Å². The minimum atomic E-state index is -0.253. The molecule has 2 rings (SSSR count). The van der Waals surface area contributed by atoms with Gasteiger partial charge in [-0.15, -0.1) is 0 Å². The number of carbonyl (C=O) groups is 1. The molecule has 19 heavy (non-hydrogen) atoms. The summed E-state index contributed by atoms with van der Waals surface area (Å²) in [6.45, 7) is 4.79. The van der Waals surface area contributed by atoms with Crippen LogP contribution >= 0.6 is 0 Å². The molecule has 4 heteroatoms. The van der Waals surface area contributed by atoms with Gasteiger partial charge in [-0.3, -0.25) is 4.79 Å². The van der Waals surface area contributed by atoms with Crippen molar-refractivity contribution in [3.63, 3.8) is 0 Å². The number of benzene rings is 1. The fourth-order valence-electron chi connectivity index (χ4n) is 2.60. The molecule has 0 saturated carbocycles. The van der Waals surface area contributed by atoms with Gasteiger partial charge >= 0.3 is 0 Å². The van der Waals surface area contributed by atoms with Gasteiger partial charge in [-0.05, 0) is 18.4 Å². The van der Waals surface area contributed by atoms with Crippen LogP contribution in [0.1, 0.15) is 31.9 Å². The number of carbonyl (C=O) groups excluding carboxylic acids is 1. The number of hydrogen-bond donors (Lipinski definition) is 1. The lowest BCUT2D eigenvalue weighted by atomic mass is 9.96. The second-order valence-electron chi connectivity index (χ2n) is 5.58. The zero-order valence-corrected chi connectivity index (χ0v) is 11.7. The molecule has 104 valence electrons. The topological polar surface area (TPSA) is 32.3 Å². The lowest BCUT2D eigenvalue weighted by Gasteiger charge is -2.38. The zero-order valence-electron chi connectivity index (χ0n) is 11.7. The molecule has 3 nitrogen and oxygen atoms in total. The van der Waals surface area contributed by atoms with E-state index in [1.165, 1.54) is 6.07 Å². The average Bonchev–Trinajstić information content (AvgIpc) is 2.36. The molecule has 1 aromatic carbocycles. The third-order valence-electron chi connectivity index (χ3n) is 3.64. The van der Waals surface area contributed by atoms with E-state index in [4.69, 9.17) is 0 Å². The van der Waals surface area contributed by atoms with E-state index in [9.17, 15) is 9.18 Å². The van der Waals surface area contributed by atoms with Gasteiger partial charge in [-0.2, -0.15) is 0 Å². The Balaban J connectivity index is 2.15. The Morgan fingerprint density at radius 2 is 2.11 bits per heavy atom. The highest BCUT2D eigenvalue weighted by molar-refractivity contribution is 5.83. The molecule has 1 fully saturated rings. The highest BCUT2D eigenvalue weighted by atomic mass is 19.1. The molecule has 2 atom stereocenters. The Morgan fingerprint density at radius 1 is 1.42 bits per heavy atom. The van der Waals surface area contributed by atoms with Crippen LogP contribution in [-0.2, 0) is 4.79 Å². The van der Waals surface area contributed by atoms with Crippen molar-refractivity contribution in [2.75, 3.05) is 13.6 Å². The van der Waals surface area contributed by atoms with Crippen molar-refractivity contribution in [2.45, 2.75) is 32.4 Å². The van der Waals surface area contributed by atoms with E-state index >= 15 is 0 Å². The molecule has 1 aliphatic heterocycles. The van der Waals surface area contributed by atoms with Gasteiger partial charge in [0, 0.05) is 19.2 Å². The molecule has 0 aliphatic carbocycles. The molecule has 0 bridgehead atoms. The third kappa shape index (κ3) is 2.95. The summed E-state index contributed by atoms with van der Waals surface area (Å²) in [5.41, 5.74) is 0.578. The van der Waals surface area contributed by atoms with Crippen molar-refractivity contribution in [3.05, 3.63) is 35.6 Å². The molecule has 1 aromatic rings. The first-order valence-corrected chi connectivity index (χ1v) is 6.75. The van der Waals surface area contributed by atoms with Crippen LogP contribution in [0.3, 0.4) is 0 Å². The Bertz CT molecular complexity index is 461. The fourth-order valence-corrected chi connectivity index (χ4v) is 2.60. The van der Waals surface area contributed by atoms with E-state index in [0.717, 1.165) is 6.42 Å². The van der Waals surface area contributed by atoms with Crippen LogP contribution in [0.5, 0.6) is 0 Å². The van der Waals surface area contributed by atoms with E-state index in [1.807, 2.05) is 0 Å². The lowest BCUT2D eigenvalue weighted by Crippen LogP contribution is -2.55. The summed E-state index contributed by atoms with van der Waals surface area (Å²) in [4.78, 5) is 14.0. The Morgan fingerprint density at radius 3 is 2.74 bits per heavy atom. The number of hydrogen-bond acceptors (Lipinski definition) is 2. The molecule has 1 aliphatic rings. The summed E-state index contributed by atoms with van der Waals surface area (Å²) in [7, 11) is 1.76. The molecule has 1 amide bonds. The summed E-state index contributed by atoms with van der Waals surface area (Å²) in [5, 5.41) is 3.25. The smallest absolute Gasteiger partial charge is 0.240 e. The zero-order chi connectivity index (χ0) is 14.0. The summed E-state index contributed by atoms with van der Waals surface area (Å²) < 4.78 is 13.8. The van der Waals surface area contributed by atoms with E-state index in [-0.39, 0.29) is 23.8 Å². The average molecular weight is 264 g/mol. The Kier molecular flexibility index (Phi) is 4.20. The molecule has 1 N–H and O–H groups in total. The maximum atomic E-state index is 13.8. The lowest BCUT2D eigenvalue weighted by molar-refractivity contribution is -0.137. The number of rotatable bonds is 3. The Hall–Kier alpha value is -1.42. The monoisotopic (exact) mass is 264 g/mol. The van der Waals surface area contributed by atoms with Gasteiger partial charge in [0.25, 0.3) is 0 Å². The van der Waals surface area contributed by atoms with E-state index in [2.05, 4.69) is 19.2 Å². The largest absolute Gasteiger partial charge is 0.336 e. The van der Waals surface area contributed by atoms with E-state index < -0.39 is 0 Å². The number of nitrogens with zero attached hydrogens (tertiary/aromatic N) is 1. The van der Waals surface area contributed by atoms with Gasteiger partial charge < -0.3 is 10.2 Å². The van der Waals surface area contributed by atoms with Gasteiger partial charge in [0.1, 0.15) is 5.82 Å². The molecule has 1 saturated heterocycles. The summed E-state index contributed by atoms with van der Waals surface area (Å²) in [6.07, 6.45) is 0.813. The predicted octanol–water partition coefficient (Wildman–Crippen LogP) is 2.34. The molecular formula is C15H21FN2O. The summed E-state index contributed by atoms with van der Waals surface area (Å²) in [5.74, 6) is 0.254. The number of likely N-dealkylation sites (N-methyl/N-ethyl adjacent to an activating group) is 1. The molecular weight excluding hydrogens is 243 g/mol. The van der Waals surface area contributed by atoms with Gasteiger partial charge in [-0.25, -0.2) is 4.39 Å². The maximum Gasteiger partial charge on any atom is 0.240 e. The first-order chi connectivity index (χ1) is 9.00. The molecule has 0 spiro atoms. The third-order valence-corrected chi connectivity index (χ3v) is 3.64. The van der Waals surface area contributed by atoms with Crippen LogP contribution in [0, 0.1) is 11.7 Å². The standard InChI is InChI=1S/C15H21FN2O/c1-10(2)8-13-15(19)18(3)14(9-17-13)11-6-4-5-7-12(11)16/h4-7,10,13-14,17H,8-9H2,1-3H3/t13-,14+/m0/s1. The molecule has 0 aromatic heterocycles. The van der Waals surface area contributed by atoms with Gasteiger partial charge in [0.05, 0.1) is 12.1 Å². The summed E-state index contributed by atoms with van der Waals surface area (Å²) >= 11 is 0. The molecule has 1 heterocycles. The van der Waals surface area contributed by atoms with E-state index in [1.54, 1.807) is 30.1 Å². The van der Waals surface area contributed by atoms with Crippen molar-refractivity contribution in [2.24, 2.45) is 5.92 Å². The van der Waals surface area contributed by atoms with Crippen LogP contribution in [0.15, 0.2) is 24.3 Å². The first kappa shape index (κ1) is 14.0. The van der Waals surface area contributed by atoms with Crippen LogP contribution in [-0.4, -0.2) is 30.4 Å². The van der Waals surface area contributed by atoms with Crippen LogP contribution in [0.25, 0.3) is 0 Å². The van der Waals surface area contributed by atoms with Crippen molar-refractivity contribution < 1.29 is 9.18 Å². The highest BCUT2D eigenvalue weighted by Gasteiger charge is 2.34. The number of nitrogens with one attached hydrogen (secondary N) is 1. The SMILES string of the molecule is CC(C)C[C@@H]1NC[C@H](c2ccccc2F)N(C)C1=O. The number of amides is 1. The molecule has 0 unspecified atom stereocenters. The minimum absolute atomic E-state index is 0.0493. The van der Waals surface area contributed by atoms with Crippen LogP contribution in [0.2, 0.25) is 0 Å². The Labute approximate surface area is 113 Å². The minimum Gasteiger partial charge on any atom is -0.336 e. The maximum absolute atomic E-state index is 13.8. The van der Waals surface area contributed by atoms with Crippen LogP contribution in [0.4, 0.5) is 4.39 Å². The normalized spacial score (nSPS) is 24.1. The number of halogens is 1. The van der Waals surface area contributed by atoms with Gasteiger partial charge in [0.2, 0.25) is 5.91 Å². The second kappa shape index (κ2) is 5.70. The fraction of sp³-hybridized carbons (Fsp3) is 0.533. The van der Waals surface area contributed by atoms with Crippen LogP contribution < -0.4 is 5.32 Å². The predicted molar refractivity (Wildman–Crippen MR) is 73.2 cm³/mol.